The van der Waals surface area contributed by atoms with Crippen molar-refractivity contribution in [3.63, 3.8) is 0 Å². The van der Waals surface area contributed by atoms with Crippen molar-refractivity contribution >= 4 is 23.2 Å². The van der Waals surface area contributed by atoms with E-state index in [2.05, 4.69) is 18.8 Å². The van der Waals surface area contributed by atoms with Crippen LogP contribution in [0.5, 0.6) is 0 Å². The summed E-state index contributed by atoms with van der Waals surface area (Å²) in [6.45, 7) is 7.06. The van der Waals surface area contributed by atoms with Crippen LogP contribution >= 0.6 is 11.3 Å². The second kappa shape index (κ2) is 6.56. The van der Waals surface area contributed by atoms with Crippen molar-refractivity contribution in [1.29, 1.82) is 0 Å². The lowest BCUT2D eigenvalue weighted by Crippen LogP contribution is -2.42. The normalized spacial score (nSPS) is 19.0. The SMILES string of the molecule is Cc1nc(CC(C)C)c(C(=O)N2CCC[C@@H](C(=O)O)C2)s1. The molecule has 1 aliphatic rings. The number of piperidine rings is 1. The summed E-state index contributed by atoms with van der Waals surface area (Å²) in [7, 11) is 0. The second-order valence-corrected chi connectivity index (χ2v) is 7.24. The van der Waals surface area contributed by atoms with Gasteiger partial charge in [-0.1, -0.05) is 13.8 Å². The fourth-order valence-corrected chi connectivity index (χ4v) is 3.58. The van der Waals surface area contributed by atoms with Gasteiger partial charge in [-0.25, -0.2) is 4.98 Å². The molecule has 0 saturated carbocycles. The summed E-state index contributed by atoms with van der Waals surface area (Å²) in [5.41, 5.74) is 0.856. The Morgan fingerprint density at radius 3 is 2.81 bits per heavy atom. The fraction of sp³-hybridized carbons (Fsp3) is 0.667. The fourth-order valence-electron chi connectivity index (χ4n) is 2.67. The molecule has 1 saturated heterocycles. The minimum Gasteiger partial charge on any atom is -0.481 e. The molecule has 116 valence electrons. The number of carbonyl (C=O) groups is 2. The second-order valence-electron chi connectivity index (χ2n) is 6.04. The lowest BCUT2D eigenvalue weighted by Gasteiger charge is -2.30. The number of carboxylic acid groups (broad SMARTS) is 1. The van der Waals surface area contributed by atoms with Crippen LogP contribution in [0.3, 0.4) is 0 Å². The maximum Gasteiger partial charge on any atom is 0.308 e. The Hall–Kier alpha value is -1.43. The number of thiazole rings is 1. The Labute approximate surface area is 129 Å². The first-order valence-electron chi connectivity index (χ1n) is 7.37. The van der Waals surface area contributed by atoms with Gasteiger partial charge in [-0.2, -0.15) is 0 Å². The van der Waals surface area contributed by atoms with Crippen molar-refractivity contribution in [3.05, 3.63) is 15.6 Å². The molecule has 1 aromatic heterocycles. The van der Waals surface area contributed by atoms with Gasteiger partial charge < -0.3 is 10.0 Å². The summed E-state index contributed by atoms with van der Waals surface area (Å²) in [6, 6.07) is 0. The standard InChI is InChI=1S/C15H22N2O3S/c1-9(2)7-12-13(21-10(3)16-12)14(18)17-6-4-5-11(8-17)15(19)20/h9,11H,4-8H2,1-3H3,(H,19,20)/t11-/m1/s1. The number of nitrogens with zero attached hydrogens (tertiary/aromatic N) is 2. The first-order chi connectivity index (χ1) is 9.88. The number of hydrogen-bond donors (Lipinski definition) is 1. The molecule has 6 heteroatoms. The van der Waals surface area contributed by atoms with E-state index in [1.165, 1.54) is 11.3 Å². The Kier molecular flexibility index (Phi) is 4.98. The monoisotopic (exact) mass is 310 g/mol. The van der Waals surface area contributed by atoms with Crippen LogP contribution in [0.1, 0.15) is 47.1 Å². The quantitative estimate of drug-likeness (QED) is 0.928. The summed E-state index contributed by atoms with van der Waals surface area (Å²) in [4.78, 5) is 30.7. The van der Waals surface area contributed by atoms with E-state index in [0.717, 1.165) is 23.5 Å². The average molecular weight is 310 g/mol. The van der Waals surface area contributed by atoms with Crippen LogP contribution in [0.15, 0.2) is 0 Å². The molecule has 2 heterocycles. The highest BCUT2D eigenvalue weighted by Crippen LogP contribution is 2.25. The van der Waals surface area contributed by atoms with E-state index in [1.54, 1.807) is 4.90 Å². The van der Waals surface area contributed by atoms with E-state index in [0.29, 0.717) is 30.3 Å². The highest BCUT2D eigenvalue weighted by molar-refractivity contribution is 7.13. The van der Waals surface area contributed by atoms with Crippen molar-refractivity contribution in [3.8, 4) is 0 Å². The number of aryl methyl sites for hydroxylation is 1. The average Bonchev–Trinajstić information content (AvgIpc) is 2.78. The molecule has 5 nitrogen and oxygen atoms in total. The van der Waals surface area contributed by atoms with Gasteiger partial charge in [0.05, 0.1) is 16.6 Å². The van der Waals surface area contributed by atoms with Crippen LogP contribution in [0.25, 0.3) is 0 Å². The maximum atomic E-state index is 12.7. The van der Waals surface area contributed by atoms with Crippen LogP contribution < -0.4 is 0 Å². The van der Waals surface area contributed by atoms with Crippen LogP contribution in [-0.4, -0.2) is 40.0 Å². The third kappa shape index (κ3) is 3.81. The molecule has 0 unspecified atom stereocenters. The molecule has 1 amide bonds. The van der Waals surface area contributed by atoms with Gasteiger partial charge in [0.1, 0.15) is 4.88 Å². The van der Waals surface area contributed by atoms with Gasteiger partial charge in [-0.05, 0) is 32.1 Å². The van der Waals surface area contributed by atoms with Crippen LogP contribution in [0.2, 0.25) is 0 Å². The molecule has 2 rings (SSSR count). The molecule has 0 bridgehead atoms. The third-order valence-corrected chi connectivity index (χ3v) is 4.66. The first kappa shape index (κ1) is 15.9. The minimum atomic E-state index is -0.810. The Balaban J connectivity index is 2.17. The number of amides is 1. The molecule has 0 aliphatic carbocycles. The molecular weight excluding hydrogens is 288 g/mol. The van der Waals surface area contributed by atoms with Crippen LogP contribution in [0.4, 0.5) is 0 Å². The Morgan fingerprint density at radius 1 is 1.48 bits per heavy atom. The van der Waals surface area contributed by atoms with E-state index in [4.69, 9.17) is 5.11 Å². The number of hydrogen-bond acceptors (Lipinski definition) is 4. The van der Waals surface area contributed by atoms with Crippen molar-refractivity contribution in [2.45, 2.75) is 40.0 Å². The van der Waals surface area contributed by atoms with Gasteiger partial charge in [0.25, 0.3) is 5.91 Å². The van der Waals surface area contributed by atoms with Crippen molar-refractivity contribution in [1.82, 2.24) is 9.88 Å². The number of rotatable bonds is 4. The Morgan fingerprint density at radius 2 is 2.19 bits per heavy atom. The van der Waals surface area contributed by atoms with Gasteiger partial charge in [0.2, 0.25) is 0 Å². The molecule has 21 heavy (non-hydrogen) atoms. The third-order valence-electron chi connectivity index (χ3n) is 3.66. The summed E-state index contributed by atoms with van der Waals surface area (Å²) < 4.78 is 0. The molecule has 1 aliphatic heterocycles. The highest BCUT2D eigenvalue weighted by atomic mass is 32.1. The lowest BCUT2D eigenvalue weighted by molar-refractivity contribution is -0.143. The van der Waals surface area contributed by atoms with Crippen LogP contribution in [-0.2, 0) is 11.2 Å². The summed E-state index contributed by atoms with van der Waals surface area (Å²) in [5, 5.41) is 10.0. The molecule has 1 aromatic rings. The van der Waals surface area contributed by atoms with Crippen molar-refractivity contribution in [2.24, 2.45) is 11.8 Å². The molecule has 0 spiro atoms. The maximum absolute atomic E-state index is 12.7. The molecule has 1 atom stereocenters. The van der Waals surface area contributed by atoms with E-state index in [9.17, 15) is 9.59 Å². The van der Waals surface area contributed by atoms with Gasteiger partial charge in [-0.15, -0.1) is 11.3 Å². The lowest BCUT2D eigenvalue weighted by atomic mass is 9.98. The van der Waals surface area contributed by atoms with Gasteiger partial charge in [0.15, 0.2) is 0 Å². The first-order valence-corrected chi connectivity index (χ1v) is 8.18. The minimum absolute atomic E-state index is 0.0535. The zero-order valence-electron chi connectivity index (χ0n) is 12.8. The number of carbonyl (C=O) groups excluding carboxylic acids is 1. The molecular formula is C15H22N2O3S. The van der Waals surface area contributed by atoms with E-state index >= 15 is 0 Å². The van der Waals surface area contributed by atoms with Crippen LogP contribution in [0, 0.1) is 18.8 Å². The molecule has 0 radical (unpaired) electrons. The summed E-state index contributed by atoms with van der Waals surface area (Å²) >= 11 is 1.42. The predicted molar refractivity (Wildman–Crippen MR) is 81.7 cm³/mol. The molecule has 0 aromatic carbocycles. The van der Waals surface area contributed by atoms with E-state index in [1.807, 2.05) is 6.92 Å². The van der Waals surface area contributed by atoms with E-state index in [-0.39, 0.29) is 5.91 Å². The topological polar surface area (TPSA) is 70.5 Å². The molecule has 1 fully saturated rings. The van der Waals surface area contributed by atoms with E-state index < -0.39 is 11.9 Å². The summed E-state index contributed by atoms with van der Waals surface area (Å²) in [5.74, 6) is -0.867. The zero-order valence-corrected chi connectivity index (χ0v) is 13.6. The number of aromatic nitrogens is 1. The number of likely N-dealkylation sites (tertiary alicyclic amines) is 1. The highest BCUT2D eigenvalue weighted by Gasteiger charge is 2.30. The largest absolute Gasteiger partial charge is 0.481 e. The number of aliphatic carboxylic acids is 1. The molecule has 1 N–H and O–H groups in total. The Bertz CT molecular complexity index is 539. The van der Waals surface area contributed by atoms with Gasteiger partial charge in [-0.3, -0.25) is 9.59 Å². The number of carboxylic acids is 1. The summed E-state index contributed by atoms with van der Waals surface area (Å²) in [6.07, 6.45) is 2.18. The smallest absolute Gasteiger partial charge is 0.308 e. The zero-order chi connectivity index (χ0) is 15.6. The van der Waals surface area contributed by atoms with Crippen molar-refractivity contribution < 1.29 is 14.7 Å². The van der Waals surface area contributed by atoms with Crippen molar-refractivity contribution in [2.75, 3.05) is 13.1 Å². The predicted octanol–water partition coefficient (Wildman–Crippen LogP) is 2.59. The van der Waals surface area contributed by atoms with Gasteiger partial charge in [0, 0.05) is 13.1 Å². The van der Waals surface area contributed by atoms with Gasteiger partial charge >= 0.3 is 5.97 Å².